The summed E-state index contributed by atoms with van der Waals surface area (Å²) < 4.78 is 0. The van der Waals surface area contributed by atoms with Gasteiger partial charge in [0.05, 0.1) is 7.85 Å². The van der Waals surface area contributed by atoms with Gasteiger partial charge < -0.3 is 4.90 Å². The van der Waals surface area contributed by atoms with E-state index in [1.807, 2.05) is 7.05 Å². The lowest BCUT2D eigenvalue weighted by atomic mass is 9.68. The summed E-state index contributed by atoms with van der Waals surface area (Å²) in [5.41, 5.74) is 2.90. The smallest absolute Gasteiger partial charge is 0.107 e. The highest BCUT2D eigenvalue weighted by Crippen LogP contribution is 2.37. The lowest BCUT2D eigenvalue weighted by molar-refractivity contribution is 0.580. The largest absolute Gasteiger partial charge is 0.337 e. The van der Waals surface area contributed by atoms with Gasteiger partial charge in [0.1, 0.15) is 5.84 Å². The molecule has 0 saturated heterocycles. The molecule has 1 aliphatic rings. The predicted molar refractivity (Wildman–Crippen MR) is 72.1 cm³/mol. The second-order valence-corrected chi connectivity index (χ2v) is 5.34. The Morgan fingerprint density at radius 3 is 2.50 bits per heavy atom. The van der Waals surface area contributed by atoms with E-state index in [0.29, 0.717) is 0 Å². The van der Waals surface area contributed by atoms with Gasteiger partial charge in [-0.2, -0.15) is 0 Å². The number of rotatable bonds is 4. The van der Waals surface area contributed by atoms with Gasteiger partial charge in [-0.25, -0.2) is 0 Å². The first-order valence-corrected chi connectivity index (χ1v) is 6.08. The lowest BCUT2D eigenvalue weighted by Gasteiger charge is -2.21. The van der Waals surface area contributed by atoms with Crippen molar-refractivity contribution in [2.45, 2.75) is 51.8 Å². The molecule has 0 bridgehead atoms. The molecule has 1 rings (SSSR count). The van der Waals surface area contributed by atoms with Crippen LogP contribution in [-0.4, -0.2) is 32.7 Å². The van der Waals surface area contributed by atoms with Gasteiger partial charge in [0.2, 0.25) is 0 Å². The van der Waals surface area contributed by atoms with E-state index in [1.54, 1.807) is 0 Å². The monoisotopic (exact) mass is 218 g/mol. The first kappa shape index (κ1) is 13.3. The summed E-state index contributed by atoms with van der Waals surface area (Å²) in [6, 6.07) is 0. The van der Waals surface area contributed by atoms with Crippen LogP contribution in [0, 0.1) is 0 Å². The van der Waals surface area contributed by atoms with Crippen molar-refractivity contribution < 1.29 is 0 Å². The van der Waals surface area contributed by atoms with E-state index in [1.165, 1.54) is 23.5 Å². The molecule has 1 aliphatic heterocycles. The van der Waals surface area contributed by atoms with Crippen LogP contribution in [0.2, 0.25) is 5.31 Å². The number of hydrogen-bond acceptors (Lipinski definition) is 1. The van der Waals surface area contributed by atoms with E-state index in [9.17, 15) is 0 Å². The molecule has 0 spiro atoms. The molecule has 3 heteroatoms. The summed E-state index contributed by atoms with van der Waals surface area (Å²) in [5, 5.41) is -0.127. The fourth-order valence-electron chi connectivity index (χ4n) is 2.33. The summed E-state index contributed by atoms with van der Waals surface area (Å²) >= 11 is 0. The Kier molecular flexibility index (Phi) is 4.23. The van der Waals surface area contributed by atoms with Crippen LogP contribution in [-0.2, 0) is 0 Å². The maximum absolute atomic E-state index is 6.11. The number of hydrogen-bond donors (Lipinski definition) is 0. The third kappa shape index (κ3) is 3.13. The topological polar surface area (TPSA) is 15.6 Å². The van der Waals surface area contributed by atoms with Crippen molar-refractivity contribution in [3.05, 3.63) is 11.3 Å². The minimum Gasteiger partial charge on any atom is -0.337 e. The van der Waals surface area contributed by atoms with Gasteiger partial charge in [-0.1, -0.05) is 32.5 Å². The molecule has 0 aromatic rings. The van der Waals surface area contributed by atoms with E-state index in [4.69, 9.17) is 7.85 Å². The first-order chi connectivity index (χ1) is 7.39. The van der Waals surface area contributed by atoms with E-state index < -0.39 is 0 Å². The summed E-state index contributed by atoms with van der Waals surface area (Å²) in [6.07, 6.45) is 4.24. The van der Waals surface area contributed by atoms with Crippen LogP contribution < -0.4 is 0 Å². The zero-order valence-electron chi connectivity index (χ0n) is 11.3. The van der Waals surface area contributed by atoms with Crippen molar-refractivity contribution in [1.82, 2.24) is 4.90 Å². The number of aliphatic imine (C=N–C) groups is 1. The standard InChI is InChI=1S/C13H23BN2/c1-6-7-11-10(9-13(2,3)14)8-12(15-4)16(11)5/h6-9H2,1-5H3. The Morgan fingerprint density at radius 2 is 2.06 bits per heavy atom. The predicted octanol–water partition coefficient (Wildman–Crippen LogP) is 3.16. The molecule has 0 saturated carbocycles. The zero-order valence-corrected chi connectivity index (χ0v) is 11.3. The minimum atomic E-state index is -0.127. The Morgan fingerprint density at radius 1 is 1.44 bits per heavy atom. The van der Waals surface area contributed by atoms with Crippen LogP contribution in [0.3, 0.4) is 0 Å². The van der Waals surface area contributed by atoms with Crippen LogP contribution in [0.25, 0.3) is 0 Å². The molecule has 88 valence electrons. The van der Waals surface area contributed by atoms with Gasteiger partial charge >= 0.3 is 0 Å². The third-order valence-corrected chi connectivity index (χ3v) is 2.99. The van der Waals surface area contributed by atoms with E-state index in [0.717, 1.165) is 19.3 Å². The van der Waals surface area contributed by atoms with Crippen molar-refractivity contribution in [3.8, 4) is 0 Å². The Labute approximate surface area is 101 Å². The molecule has 0 fully saturated rings. The maximum Gasteiger partial charge on any atom is 0.107 e. The van der Waals surface area contributed by atoms with Gasteiger partial charge in [0, 0.05) is 26.2 Å². The molecule has 0 N–H and O–H groups in total. The summed E-state index contributed by atoms with van der Waals surface area (Å²) in [6.45, 7) is 6.39. The minimum absolute atomic E-state index is 0.127. The molecule has 0 atom stereocenters. The van der Waals surface area contributed by atoms with Gasteiger partial charge in [-0.15, -0.1) is 0 Å². The molecule has 16 heavy (non-hydrogen) atoms. The molecule has 2 radical (unpaired) electrons. The molecule has 0 aromatic carbocycles. The van der Waals surface area contributed by atoms with Crippen LogP contribution in [0.1, 0.15) is 46.5 Å². The SMILES string of the molecule is [B]C(C)(C)CC1=C(CCC)N(C)C(=NC)C1. The quantitative estimate of drug-likeness (QED) is 0.662. The lowest BCUT2D eigenvalue weighted by Crippen LogP contribution is -2.19. The van der Waals surface area contributed by atoms with E-state index in [2.05, 4.69) is 37.7 Å². The number of nitrogens with zero attached hydrogens (tertiary/aromatic N) is 2. The van der Waals surface area contributed by atoms with Gasteiger partial charge in [-0.3, -0.25) is 4.99 Å². The van der Waals surface area contributed by atoms with Crippen molar-refractivity contribution in [2.75, 3.05) is 14.1 Å². The van der Waals surface area contributed by atoms with E-state index in [-0.39, 0.29) is 5.31 Å². The number of amidine groups is 1. The molecule has 0 amide bonds. The molecule has 0 aromatic heterocycles. The highest BCUT2D eigenvalue weighted by atomic mass is 15.2. The molecule has 0 aliphatic carbocycles. The van der Waals surface area contributed by atoms with Crippen molar-refractivity contribution >= 4 is 13.7 Å². The fraction of sp³-hybridized carbons (Fsp3) is 0.769. The summed E-state index contributed by atoms with van der Waals surface area (Å²) in [7, 11) is 10.1. The number of allylic oxidation sites excluding steroid dienone is 1. The molecule has 1 heterocycles. The van der Waals surface area contributed by atoms with E-state index >= 15 is 0 Å². The molecule has 0 unspecified atom stereocenters. The van der Waals surface area contributed by atoms with Gasteiger partial charge in [0.25, 0.3) is 0 Å². The average Bonchev–Trinajstić information content (AvgIpc) is 2.43. The second-order valence-electron chi connectivity index (χ2n) is 5.34. The fourth-order valence-corrected chi connectivity index (χ4v) is 2.33. The van der Waals surface area contributed by atoms with Gasteiger partial charge in [-0.05, 0) is 18.4 Å². The van der Waals surface area contributed by atoms with Crippen LogP contribution >= 0.6 is 0 Å². The Bertz CT molecular complexity index is 310. The zero-order chi connectivity index (χ0) is 12.3. The van der Waals surface area contributed by atoms with Crippen LogP contribution in [0.4, 0.5) is 0 Å². The maximum atomic E-state index is 6.11. The second kappa shape index (κ2) is 5.07. The Hall–Kier alpha value is -0.725. The first-order valence-electron chi connectivity index (χ1n) is 6.08. The van der Waals surface area contributed by atoms with Crippen molar-refractivity contribution in [1.29, 1.82) is 0 Å². The van der Waals surface area contributed by atoms with Gasteiger partial charge in [0.15, 0.2) is 0 Å². The van der Waals surface area contributed by atoms with Crippen molar-refractivity contribution in [2.24, 2.45) is 4.99 Å². The summed E-state index contributed by atoms with van der Waals surface area (Å²) in [4.78, 5) is 6.58. The van der Waals surface area contributed by atoms with Crippen LogP contribution in [0.15, 0.2) is 16.3 Å². The molecule has 2 nitrogen and oxygen atoms in total. The van der Waals surface area contributed by atoms with Crippen molar-refractivity contribution in [3.63, 3.8) is 0 Å². The Balaban J connectivity index is 2.91. The highest BCUT2D eigenvalue weighted by Gasteiger charge is 2.26. The highest BCUT2D eigenvalue weighted by molar-refractivity contribution is 6.14. The molecular weight excluding hydrogens is 195 g/mol. The molecular formula is C13H23BN2. The average molecular weight is 218 g/mol. The van der Waals surface area contributed by atoms with Crippen LogP contribution in [0.5, 0.6) is 0 Å². The third-order valence-electron chi connectivity index (χ3n) is 2.99. The normalized spacial score (nSPS) is 20.1. The summed E-state index contributed by atoms with van der Waals surface area (Å²) in [5.74, 6) is 1.17.